The lowest BCUT2D eigenvalue weighted by Crippen LogP contribution is -2.41. The third-order valence-electron chi connectivity index (χ3n) is 5.78. The Morgan fingerprint density at radius 1 is 1.00 bits per heavy atom. The number of piperidine rings is 1. The number of halogens is 1. The Morgan fingerprint density at radius 2 is 1.59 bits per heavy atom. The van der Waals surface area contributed by atoms with Crippen molar-refractivity contribution < 1.29 is 8.42 Å². The van der Waals surface area contributed by atoms with Gasteiger partial charge < -0.3 is 4.90 Å². The zero-order chi connectivity index (χ0) is 20.9. The summed E-state index contributed by atoms with van der Waals surface area (Å²) >= 11 is 6.00. The van der Waals surface area contributed by atoms with Gasteiger partial charge in [0.05, 0.1) is 4.90 Å². The summed E-state index contributed by atoms with van der Waals surface area (Å²) < 4.78 is 28.4. The van der Waals surface area contributed by atoms with Crippen molar-refractivity contribution in [3.8, 4) is 0 Å². The van der Waals surface area contributed by atoms with E-state index >= 15 is 0 Å². The van der Waals surface area contributed by atoms with Gasteiger partial charge in [-0.05, 0) is 73.7 Å². The Bertz CT molecular complexity index is 874. The normalized spacial score (nSPS) is 16.4. The van der Waals surface area contributed by atoms with Crippen LogP contribution in [0.15, 0.2) is 53.4 Å². The molecule has 0 bridgehead atoms. The molecule has 1 aliphatic rings. The Hall–Kier alpha value is -1.40. The summed E-state index contributed by atoms with van der Waals surface area (Å²) in [6.07, 6.45) is 3.26. The van der Waals surface area contributed by atoms with Gasteiger partial charge in [-0.15, -0.1) is 0 Å². The van der Waals surface area contributed by atoms with E-state index in [0.29, 0.717) is 23.0 Å². The molecule has 3 rings (SSSR count). The van der Waals surface area contributed by atoms with Crippen molar-refractivity contribution >= 4 is 21.6 Å². The van der Waals surface area contributed by atoms with E-state index in [0.717, 1.165) is 43.1 Å². The Morgan fingerprint density at radius 3 is 2.17 bits per heavy atom. The second-order valence-corrected chi connectivity index (χ2v) is 10.4. The van der Waals surface area contributed by atoms with E-state index in [-0.39, 0.29) is 0 Å². The van der Waals surface area contributed by atoms with E-state index in [1.165, 1.54) is 12.8 Å². The molecule has 0 amide bonds. The van der Waals surface area contributed by atoms with Crippen LogP contribution in [0, 0.1) is 5.92 Å². The molecule has 0 aromatic heterocycles. The van der Waals surface area contributed by atoms with Gasteiger partial charge in [-0.1, -0.05) is 49.7 Å². The fraction of sp³-hybridized carbons (Fsp3) is 0.478. The molecule has 6 heteroatoms. The first-order valence-corrected chi connectivity index (χ1v) is 12.3. The molecule has 29 heavy (non-hydrogen) atoms. The van der Waals surface area contributed by atoms with Gasteiger partial charge in [0.15, 0.2) is 0 Å². The van der Waals surface area contributed by atoms with E-state index < -0.39 is 10.0 Å². The second kappa shape index (κ2) is 10.1. The van der Waals surface area contributed by atoms with Crippen LogP contribution >= 0.6 is 11.6 Å². The minimum Gasteiger partial charge on any atom is -0.302 e. The van der Waals surface area contributed by atoms with Gasteiger partial charge in [0.25, 0.3) is 0 Å². The molecular weight excluding hydrogens is 404 g/mol. The lowest BCUT2D eigenvalue weighted by molar-refractivity contribution is 0.181. The Balaban J connectivity index is 1.79. The summed E-state index contributed by atoms with van der Waals surface area (Å²) in [6, 6.07) is 14.7. The number of sulfonamides is 1. The molecule has 1 fully saturated rings. The number of likely N-dealkylation sites (tertiary alicyclic amines) is 1. The molecule has 0 N–H and O–H groups in total. The van der Waals surface area contributed by atoms with Crippen LogP contribution in [0.2, 0.25) is 5.02 Å². The summed E-state index contributed by atoms with van der Waals surface area (Å²) in [4.78, 5) is 2.74. The van der Waals surface area contributed by atoms with E-state index in [1.54, 1.807) is 16.4 Å². The maximum Gasteiger partial charge on any atom is 0.243 e. The summed E-state index contributed by atoms with van der Waals surface area (Å²) in [5.74, 6) is 0.761. The fourth-order valence-electron chi connectivity index (χ4n) is 3.66. The molecule has 1 aliphatic heterocycles. The summed E-state index contributed by atoms with van der Waals surface area (Å²) in [7, 11) is -3.57. The SMILES string of the molecule is CCc1ccc(S(=O)(=O)N(CCN2CCC(C)CC2)Cc2ccc(Cl)cc2)cc1. The third kappa shape index (κ3) is 6.05. The van der Waals surface area contributed by atoms with Crippen LogP contribution in [0.4, 0.5) is 0 Å². The number of hydrogen-bond acceptors (Lipinski definition) is 3. The minimum absolute atomic E-state index is 0.347. The minimum atomic E-state index is -3.57. The number of rotatable bonds is 8. The third-order valence-corrected chi connectivity index (χ3v) is 7.89. The molecule has 0 saturated carbocycles. The van der Waals surface area contributed by atoms with Gasteiger partial charge >= 0.3 is 0 Å². The number of hydrogen-bond donors (Lipinski definition) is 0. The van der Waals surface area contributed by atoms with E-state index in [2.05, 4.69) is 18.7 Å². The van der Waals surface area contributed by atoms with Crippen LogP contribution < -0.4 is 0 Å². The quantitative estimate of drug-likeness (QED) is 0.597. The fourth-order valence-corrected chi connectivity index (χ4v) is 5.21. The summed E-state index contributed by atoms with van der Waals surface area (Å²) in [5.41, 5.74) is 2.08. The topological polar surface area (TPSA) is 40.6 Å². The van der Waals surface area contributed by atoms with E-state index in [4.69, 9.17) is 11.6 Å². The average molecular weight is 435 g/mol. The maximum absolute atomic E-state index is 13.4. The Kier molecular flexibility index (Phi) is 7.74. The number of nitrogens with zero attached hydrogens (tertiary/aromatic N) is 2. The monoisotopic (exact) mass is 434 g/mol. The molecule has 0 spiro atoms. The van der Waals surface area contributed by atoms with Crippen molar-refractivity contribution in [2.45, 2.75) is 44.6 Å². The first kappa shape index (κ1) is 22.3. The van der Waals surface area contributed by atoms with Crippen molar-refractivity contribution in [3.05, 3.63) is 64.7 Å². The van der Waals surface area contributed by atoms with Gasteiger partial charge in [-0.2, -0.15) is 4.31 Å². The lowest BCUT2D eigenvalue weighted by Gasteiger charge is -2.32. The van der Waals surface area contributed by atoms with Gasteiger partial charge in [0.1, 0.15) is 0 Å². The van der Waals surface area contributed by atoms with Crippen LogP contribution in [0.5, 0.6) is 0 Å². The predicted octanol–water partition coefficient (Wildman–Crippen LogP) is 4.83. The van der Waals surface area contributed by atoms with Crippen molar-refractivity contribution in [2.75, 3.05) is 26.2 Å². The highest BCUT2D eigenvalue weighted by Gasteiger charge is 2.26. The van der Waals surface area contributed by atoms with Crippen LogP contribution in [0.1, 0.15) is 37.8 Å². The molecule has 4 nitrogen and oxygen atoms in total. The maximum atomic E-state index is 13.4. The number of aryl methyl sites for hydroxylation is 1. The van der Waals surface area contributed by atoms with E-state index in [1.807, 2.05) is 36.4 Å². The van der Waals surface area contributed by atoms with E-state index in [9.17, 15) is 8.42 Å². The first-order valence-electron chi connectivity index (χ1n) is 10.4. The Labute approximate surface area is 180 Å². The second-order valence-electron chi connectivity index (χ2n) is 7.99. The van der Waals surface area contributed by atoms with Gasteiger partial charge in [0, 0.05) is 24.7 Å². The first-order chi connectivity index (χ1) is 13.9. The molecule has 1 saturated heterocycles. The van der Waals surface area contributed by atoms with Gasteiger partial charge in [-0.3, -0.25) is 0 Å². The highest BCUT2D eigenvalue weighted by molar-refractivity contribution is 7.89. The van der Waals surface area contributed by atoms with Crippen LogP contribution in [0.3, 0.4) is 0 Å². The predicted molar refractivity (Wildman–Crippen MR) is 120 cm³/mol. The van der Waals surface area contributed by atoms with Crippen molar-refractivity contribution in [1.82, 2.24) is 9.21 Å². The molecular formula is C23H31ClN2O2S. The molecule has 0 unspecified atom stereocenters. The molecule has 2 aromatic rings. The van der Waals surface area contributed by atoms with Gasteiger partial charge in [0.2, 0.25) is 10.0 Å². The number of benzene rings is 2. The van der Waals surface area contributed by atoms with Crippen LogP contribution in [-0.2, 0) is 23.0 Å². The molecule has 1 heterocycles. The van der Waals surface area contributed by atoms with Crippen molar-refractivity contribution in [1.29, 1.82) is 0 Å². The van der Waals surface area contributed by atoms with Crippen molar-refractivity contribution in [3.63, 3.8) is 0 Å². The van der Waals surface area contributed by atoms with Crippen LogP contribution in [-0.4, -0.2) is 43.8 Å². The molecule has 158 valence electrons. The van der Waals surface area contributed by atoms with Crippen LogP contribution in [0.25, 0.3) is 0 Å². The standard InChI is InChI=1S/C23H31ClN2O2S/c1-3-20-6-10-23(11-7-20)29(27,28)26(18-21-4-8-22(24)9-5-21)17-16-25-14-12-19(2)13-15-25/h4-11,19H,3,12-18H2,1-2H3. The largest absolute Gasteiger partial charge is 0.302 e. The van der Waals surface area contributed by atoms with Crippen molar-refractivity contribution in [2.24, 2.45) is 5.92 Å². The molecule has 0 radical (unpaired) electrons. The van der Waals surface area contributed by atoms with Gasteiger partial charge in [-0.25, -0.2) is 8.42 Å². The molecule has 0 atom stereocenters. The average Bonchev–Trinajstić information content (AvgIpc) is 2.73. The smallest absolute Gasteiger partial charge is 0.243 e. The highest BCUT2D eigenvalue weighted by Crippen LogP contribution is 2.21. The summed E-state index contributed by atoms with van der Waals surface area (Å²) in [5, 5.41) is 0.653. The summed E-state index contributed by atoms with van der Waals surface area (Å²) in [6.45, 7) is 8.02. The zero-order valence-electron chi connectivity index (χ0n) is 17.4. The molecule has 0 aliphatic carbocycles. The zero-order valence-corrected chi connectivity index (χ0v) is 18.9. The molecule has 2 aromatic carbocycles. The lowest BCUT2D eigenvalue weighted by atomic mass is 9.99. The highest BCUT2D eigenvalue weighted by atomic mass is 35.5.